The van der Waals surface area contributed by atoms with Crippen LogP contribution in [0.5, 0.6) is 5.75 Å². The number of alkyl halides is 3. The largest absolute Gasteiger partial charge is 0.573 e. The van der Waals surface area contributed by atoms with Gasteiger partial charge in [0, 0.05) is 25.6 Å². The van der Waals surface area contributed by atoms with Crippen LogP contribution in [0.3, 0.4) is 0 Å². The summed E-state index contributed by atoms with van der Waals surface area (Å²) in [6.07, 6.45) is -3.24. The van der Waals surface area contributed by atoms with Gasteiger partial charge in [-0.1, -0.05) is 18.2 Å². The Bertz CT molecular complexity index is 585. The molecule has 1 heterocycles. The molecule has 0 aromatic heterocycles. The van der Waals surface area contributed by atoms with Gasteiger partial charge < -0.3 is 15.0 Å². The Morgan fingerprint density at radius 1 is 1.35 bits per heavy atom. The van der Waals surface area contributed by atoms with Crippen LogP contribution in [0, 0.1) is 5.92 Å². The van der Waals surface area contributed by atoms with Crippen LogP contribution in [0.25, 0.3) is 0 Å². The Labute approximate surface area is 132 Å². The van der Waals surface area contributed by atoms with Crippen LogP contribution in [0.15, 0.2) is 24.3 Å². The topological polar surface area (TPSA) is 41.6 Å². The van der Waals surface area contributed by atoms with Gasteiger partial charge in [0.15, 0.2) is 0 Å². The van der Waals surface area contributed by atoms with Crippen molar-refractivity contribution in [1.29, 1.82) is 0 Å². The van der Waals surface area contributed by atoms with Gasteiger partial charge in [-0.3, -0.25) is 4.79 Å². The van der Waals surface area contributed by atoms with Crippen molar-refractivity contribution in [2.75, 3.05) is 20.1 Å². The number of amides is 1. The molecule has 4 nitrogen and oxygen atoms in total. The summed E-state index contributed by atoms with van der Waals surface area (Å²) < 4.78 is 41.6. The maximum absolute atomic E-state index is 12.5. The number of likely N-dealkylation sites (N-methyl/N-ethyl adjacent to an activating group) is 1. The molecule has 1 saturated carbocycles. The van der Waals surface area contributed by atoms with Crippen LogP contribution in [-0.4, -0.2) is 43.3 Å². The number of halogens is 3. The fraction of sp³-hybridized carbons (Fsp3) is 0.562. The number of para-hydroxylation sites is 1. The lowest BCUT2D eigenvalue weighted by Gasteiger charge is -2.24. The minimum atomic E-state index is -4.73. The zero-order valence-electron chi connectivity index (χ0n) is 12.8. The van der Waals surface area contributed by atoms with Gasteiger partial charge >= 0.3 is 6.36 Å². The lowest BCUT2D eigenvalue weighted by Crippen LogP contribution is -2.39. The second-order valence-electron chi connectivity index (χ2n) is 6.13. The van der Waals surface area contributed by atoms with Crippen LogP contribution in [0.1, 0.15) is 24.3 Å². The number of rotatable bonds is 4. The molecule has 0 radical (unpaired) electrons. The molecular formula is C16H19F3N2O2. The predicted molar refractivity (Wildman–Crippen MR) is 78.0 cm³/mol. The number of nitrogens with one attached hydrogen (secondary N) is 1. The number of hydrogen-bond acceptors (Lipinski definition) is 3. The summed E-state index contributed by atoms with van der Waals surface area (Å²) in [5, 5.41) is 3.21. The van der Waals surface area contributed by atoms with Crippen molar-refractivity contribution < 1.29 is 22.7 Å². The van der Waals surface area contributed by atoms with Crippen molar-refractivity contribution in [2.24, 2.45) is 5.92 Å². The molecule has 1 saturated heterocycles. The standard InChI is InChI=1S/C16H19F3N2O2/c1-21(10-6-7-20-9-10)15(22)13-8-12(13)11-4-2-3-5-14(11)23-16(17,18)19/h2-5,10,12-13,20H,6-9H2,1H3/t10-,12+,13+/m0/s1. The number of nitrogens with zero attached hydrogens (tertiary/aromatic N) is 1. The molecule has 1 aliphatic heterocycles. The van der Waals surface area contributed by atoms with Crippen LogP contribution in [0.2, 0.25) is 0 Å². The lowest BCUT2D eigenvalue weighted by atomic mass is 10.1. The van der Waals surface area contributed by atoms with Crippen molar-refractivity contribution in [3.63, 3.8) is 0 Å². The van der Waals surface area contributed by atoms with E-state index in [0.717, 1.165) is 19.5 Å². The Morgan fingerprint density at radius 2 is 2.09 bits per heavy atom. The molecule has 1 amide bonds. The number of carbonyl (C=O) groups excluding carboxylic acids is 1. The van der Waals surface area contributed by atoms with Crippen LogP contribution in [0.4, 0.5) is 13.2 Å². The van der Waals surface area contributed by atoms with E-state index in [1.54, 1.807) is 24.1 Å². The van der Waals surface area contributed by atoms with Gasteiger partial charge in [0.2, 0.25) is 5.91 Å². The fourth-order valence-electron chi connectivity index (χ4n) is 3.23. The summed E-state index contributed by atoms with van der Waals surface area (Å²) in [7, 11) is 1.77. The van der Waals surface area contributed by atoms with Gasteiger partial charge in [-0.2, -0.15) is 0 Å². The zero-order chi connectivity index (χ0) is 16.6. The average molecular weight is 328 g/mol. The zero-order valence-corrected chi connectivity index (χ0v) is 12.8. The number of hydrogen-bond donors (Lipinski definition) is 1. The van der Waals surface area contributed by atoms with Crippen molar-refractivity contribution in [1.82, 2.24) is 10.2 Å². The highest BCUT2D eigenvalue weighted by atomic mass is 19.4. The Morgan fingerprint density at radius 3 is 2.74 bits per heavy atom. The highest BCUT2D eigenvalue weighted by Gasteiger charge is 2.48. The molecular weight excluding hydrogens is 309 g/mol. The summed E-state index contributed by atoms with van der Waals surface area (Å²) in [4.78, 5) is 14.2. The number of benzene rings is 1. The van der Waals surface area contributed by atoms with Crippen LogP contribution in [-0.2, 0) is 4.79 Å². The minimum absolute atomic E-state index is 0.00510. The molecule has 0 unspecified atom stereocenters. The third kappa shape index (κ3) is 3.60. The van der Waals surface area contributed by atoms with Crippen molar-refractivity contribution in [3.8, 4) is 5.75 Å². The molecule has 0 bridgehead atoms. The molecule has 2 fully saturated rings. The second-order valence-corrected chi connectivity index (χ2v) is 6.13. The Kier molecular flexibility index (Phi) is 4.23. The van der Waals surface area contributed by atoms with E-state index in [1.165, 1.54) is 12.1 Å². The second kappa shape index (κ2) is 6.03. The maximum atomic E-state index is 12.5. The monoisotopic (exact) mass is 328 g/mol. The van der Waals surface area contributed by atoms with E-state index in [-0.39, 0.29) is 29.5 Å². The van der Waals surface area contributed by atoms with Crippen molar-refractivity contribution in [2.45, 2.75) is 31.2 Å². The molecule has 1 N–H and O–H groups in total. The molecule has 7 heteroatoms. The van der Waals surface area contributed by atoms with Gasteiger partial charge in [-0.15, -0.1) is 13.2 Å². The first-order chi connectivity index (χ1) is 10.9. The molecule has 0 spiro atoms. The molecule has 2 aliphatic rings. The Hall–Kier alpha value is -1.76. The first-order valence-electron chi connectivity index (χ1n) is 7.69. The van der Waals surface area contributed by atoms with Gasteiger partial charge in [0.05, 0.1) is 0 Å². The molecule has 3 atom stereocenters. The minimum Gasteiger partial charge on any atom is -0.405 e. The van der Waals surface area contributed by atoms with Gasteiger partial charge in [-0.25, -0.2) is 0 Å². The first-order valence-corrected chi connectivity index (χ1v) is 7.69. The van der Waals surface area contributed by atoms with E-state index in [9.17, 15) is 18.0 Å². The molecule has 1 aromatic carbocycles. The molecule has 1 aromatic rings. The van der Waals surface area contributed by atoms with E-state index in [0.29, 0.717) is 12.0 Å². The normalized spacial score (nSPS) is 26.9. The lowest BCUT2D eigenvalue weighted by molar-refractivity contribution is -0.274. The van der Waals surface area contributed by atoms with E-state index < -0.39 is 6.36 Å². The fourth-order valence-corrected chi connectivity index (χ4v) is 3.23. The van der Waals surface area contributed by atoms with E-state index in [1.807, 2.05) is 0 Å². The average Bonchev–Trinajstić information content (AvgIpc) is 3.08. The van der Waals surface area contributed by atoms with E-state index in [2.05, 4.69) is 10.1 Å². The smallest absolute Gasteiger partial charge is 0.405 e. The highest BCUT2D eigenvalue weighted by Crippen LogP contribution is 2.51. The van der Waals surface area contributed by atoms with Gasteiger partial charge in [-0.05, 0) is 36.9 Å². The third-order valence-electron chi connectivity index (χ3n) is 4.58. The highest BCUT2D eigenvalue weighted by molar-refractivity contribution is 5.83. The Balaban J connectivity index is 1.69. The molecule has 23 heavy (non-hydrogen) atoms. The van der Waals surface area contributed by atoms with Gasteiger partial charge in [0.25, 0.3) is 0 Å². The van der Waals surface area contributed by atoms with Crippen molar-refractivity contribution >= 4 is 5.91 Å². The maximum Gasteiger partial charge on any atom is 0.573 e. The summed E-state index contributed by atoms with van der Waals surface area (Å²) in [6, 6.07) is 6.25. The SMILES string of the molecule is CN(C(=O)[C@@H]1C[C@@H]1c1ccccc1OC(F)(F)F)[C@H]1CCNC1. The number of ether oxygens (including phenoxy) is 1. The molecule has 1 aliphatic carbocycles. The van der Waals surface area contributed by atoms with Crippen LogP contribution >= 0.6 is 0 Å². The van der Waals surface area contributed by atoms with E-state index >= 15 is 0 Å². The molecule has 3 rings (SSSR count). The molecule has 126 valence electrons. The van der Waals surface area contributed by atoms with Crippen LogP contribution < -0.4 is 10.1 Å². The van der Waals surface area contributed by atoms with Crippen molar-refractivity contribution in [3.05, 3.63) is 29.8 Å². The summed E-state index contributed by atoms with van der Waals surface area (Å²) in [6.45, 7) is 1.66. The van der Waals surface area contributed by atoms with Gasteiger partial charge in [0.1, 0.15) is 5.75 Å². The number of carbonyl (C=O) groups is 1. The summed E-state index contributed by atoms with van der Waals surface area (Å²) in [5.41, 5.74) is 0.459. The quantitative estimate of drug-likeness (QED) is 0.923. The predicted octanol–water partition coefficient (Wildman–Crippen LogP) is 2.51. The van der Waals surface area contributed by atoms with E-state index in [4.69, 9.17) is 0 Å². The first kappa shape index (κ1) is 16.1. The summed E-state index contributed by atoms with van der Waals surface area (Å²) >= 11 is 0. The summed E-state index contributed by atoms with van der Waals surface area (Å²) in [5.74, 6) is -0.646. The third-order valence-corrected chi connectivity index (χ3v) is 4.58.